The molecule has 5 nitrogen and oxygen atoms in total. The van der Waals surface area contributed by atoms with Gasteiger partial charge >= 0.3 is 0 Å². The minimum Gasteiger partial charge on any atom is -0.399 e. The third kappa shape index (κ3) is 4.18. The highest BCUT2D eigenvalue weighted by molar-refractivity contribution is 7.88. The number of aliphatic hydroxyl groups excluding tert-OH is 1. The van der Waals surface area contributed by atoms with Crippen LogP contribution in [0.3, 0.4) is 0 Å². The van der Waals surface area contributed by atoms with Gasteiger partial charge in [0.2, 0.25) is 10.0 Å². The first kappa shape index (κ1) is 13.0. The quantitative estimate of drug-likeness (QED) is 0.639. The maximum absolute atomic E-state index is 11.6. The maximum Gasteiger partial charge on any atom is 0.216 e. The highest BCUT2D eigenvalue weighted by atomic mass is 32.2. The fourth-order valence-electron chi connectivity index (χ4n) is 1.29. The van der Waals surface area contributed by atoms with Crippen molar-refractivity contribution in [1.82, 2.24) is 4.72 Å². The average Bonchev–Trinajstić information content (AvgIpc) is 2.15. The van der Waals surface area contributed by atoms with Crippen LogP contribution in [0.2, 0.25) is 0 Å². The molecule has 1 rings (SSSR count). The lowest BCUT2D eigenvalue weighted by molar-refractivity contribution is 0.265. The van der Waals surface area contributed by atoms with Gasteiger partial charge in [0.25, 0.3) is 0 Å². The van der Waals surface area contributed by atoms with Gasteiger partial charge in [-0.1, -0.05) is 12.1 Å². The topological polar surface area (TPSA) is 92.4 Å². The van der Waals surface area contributed by atoms with E-state index in [4.69, 9.17) is 10.8 Å². The molecule has 0 saturated carbocycles. The van der Waals surface area contributed by atoms with E-state index < -0.39 is 16.1 Å². The molecule has 0 aromatic heterocycles. The van der Waals surface area contributed by atoms with Crippen molar-refractivity contribution in [2.45, 2.75) is 18.7 Å². The fourth-order valence-corrected chi connectivity index (χ4v) is 2.68. The van der Waals surface area contributed by atoms with Gasteiger partial charge in [0, 0.05) is 11.7 Å². The second-order valence-corrected chi connectivity index (χ2v) is 5.46. The van der Waals surface area contributed by atoms with Crippen LogP contribution in [-0.2, 0) is 15.8 Å². The Bertz CT molecular complexity index is 445. The van der Waals surface area contributed by atoms with E-state index in [1.54, 1.807) is 31.2 Å². The molecule has 0 aliphatic heterocycles. The van der Waals surface area contributed by atoms with Crippen LogP contribution < -0.4 is 10.5 Å². The number of nitrogens with one attached hydrogen (secondary N) is 1. The number of anilines is 1. The van der Waals surface area contributed by atoms with Crippen LogP contribution in [0.1, 0.15) is 12.5 Å². The average molecular weight is 244 g/mol. The molecule has 0 unspecified atom stereocenters. The molecule has 0 radical (unpaired) electrons. The first-order valence-electron chi connectivity index (χ1n) is 4.88. The molecule has 16 heavy (non-hydrogen) atoms. The zero-order valence-corrected chi connectivity index (χ0v) is 9.87. The standard InChI is InChI=1S/C10H16N2O3S/c1-8(6-13)12-16(14,15)7-9-3-2-4-10(11)5-9/h2-5,8,12-13H,6-7,11H2,1H3/t8-/m0/s1. The third-order valence-electron chi connectivity index (χ3n) is 1.96. The normalized spacial score (nSPS) is 13.6. The molecule has 0 saturated heterocycles. The van der Waals surface area contributed by atoms with Crippen LogP contribution in [0.5, 0.6) is 0 Å². The van der Waals surface area contributed by atoms with Gasteiger partial charge in [-0.15, -0.1) is 0 Å². The Hall–Kier alpha value is -1.11. The van der Waals surface area contributed by atoms with Gasteiger partial charge in [0.15, 0.2) is 0 Å². The lowest BCUT2D eigenvalue weighted by Gasteiger charge is -2.11. The number of nitrogens with two attached hydrogens (primary N) is 1. The summed E-state index contributed by atoms with van der Waals surface area (Å²) in [6.07, 6.45) is 0. The minimum absolute atomic E-state index is 0.137. The largest absolute Gasteiger partial charge is 0.399 e. The highest BCUT2D eigenvalue weighted by Gasteiger charge is 2.14. The number of rotatable bonds is 5. The summed E-state index contributed by atoms with van der Waals surface area (Å²) in [7, 11) is -3.43. The SMILES string of the molecule is C[C@@H](CO)NS(=O)(=O)Cc1cccc(N)c1. The van der Waals surface area contributed by atoms with E-state index in [1.807, 2.05) is 0 Å². The number of nitrogen functional groups attached to an aromatic ring is 1. The summed E-state index contributed by atoms with van der Waals surface area (Å²) < 4.78 is 25.6. The fraction of sp³-hybridized carbons (Fsp3) is 0.400. The summed E-state index contributed by atoms with van der Waals surface area (Å²) in [6, 6.07) is 6.23. The van der Waals surface area contributed by atoms with Crippen LogP contribution in [0.15, 0.2) is 24.3 Å². The van der Waals surface area contributed by atoms with Crippen molar-refractivity contribution in [3.05, 3.63) is 29.8 Å². The van der Waals surface area contributed by atoms with Gasteiger partial charge in [-0.3, -0.25) is 0 Å². The Morgan fingerprint density at radius 2 is 2.19 bits per heavy atom. The second-order valence-electron chi connectivity index (χ2n) is 3.71. The Kier molecular flexibility index (Phi) is 4.28. The Labute approximate surface area is 95.3 Å². The van der Waals surface area contributed by atoms with Gasteiger partial charge in [-0.25, -0.2) is 13.1 Å². The van der Waals surface area contributed by atoms with E-state index in [1.165, 1.54) is 0 Å². The van der Waals surface area contributed by atoms with Crippen molar-refractivity contribution < 1.29 is 13.5 Å². The molecule has 1 aromatic rings. The molecule has 0 aliphatic carbocycles. The predicted molar refractivity (Wildman–Crippen MR) is 63.2 cm³/mol. The van der Waals surface area contributed by atoms with Gasteiger partial charge in [-0.05, 0) is 24.6 Å². The lowest BCUT2D eigenvalue weighted by Crippen LogP contribution is -2.35. The monoisotopic (exact) mass is 244 g/mol. The lowest BCUT2D eigenvalue weighted by atomic mass is 10.2. The zero-order chi connectivity index (χ0) is 12.2. The van der Waals surface area contributed by atoms with E-state index in [0.717, 1.165) is 0 Å². The molecule has 0 spiro atoms. The van der Waals surface area contributed by atoms with Crippen molar-refractivity contribution in [1.29, 1.82) is 0 Å². The molecule has 0 heterocycles. The highest BCUT2D eigenvalue weighted by Crippen LogP contribution is 2.09. The molecule has 4 N–H and O–H groups in total. The summed E-state index contributed by atoms with van der Waals surface area (Å²) in [5, 5.41) is 8.76. The van der Waals surface area contributed by atoms with Crippen LogP contribution >= 0.6 is 0 Å². The Morgan fingerprint density at radius 3 is 2.75 bits per heavy atom. The number of sulfonamides is 1. The van der Waals surface area contributed by atoms with Crippen LogP contribution in [0, 0.1) is 0 Å². The maximum atomic E-state index is 11.6. The van der Waals surface area contributed by atoms with Gasteiger partial charge < -0.3 is 10.8 Å². The van der Waals surface area contributed by atoms with E-state index >= 15 is 0 Å². The van der Waals surface area contributed by atoms with E-state index in [-0.39, 0.29) is 12.4 Å². The van der Waals surface area contributed by atoms with E-state index in [9.17, 15) is 8.42 Å². The second kappa shape index (κ2) is 5.29. The number of hydrogen-bond acceptors (Lipinski definition) is 4. The van der Waals surface area contributed by atoms with Gasteiger partial charge in [0.1, 0.15) is 0 Å². The molecule has 0 fully saturated rings. The molecular formula is C10H16N2O3S. The van der Waals surface area contributed by atoms with E-state index in [2.05, 4.69) is 4.72 Å². The number of benzene rings is 1. The van der Waals surface area contributed by atoms with E-state index in [0.29, 0.717) is 11.3 Å². The molecule has 90 valence electrons. The first-order chi connectivity index (χ1) is 7.43. The summed E-state index contributed by atoms with van der Waals surface area (Å²) in [4.78, 5) is 0. The summed E-state index contributed by atoms with van der Waals surface area (Å²) in [5.41, 5.74) is 6.70. The predicted octanol–water partition coefficient (Wildman–Crippen LogP) is 0.0690. The minimum atomic E-state index is -3.43. The molecule has 1 aromatic carbocycles. The Balaban J connectivity index is 2.73. The smallest absolute Gasteiger partial charge is 0.216 e. The number of aliphatic hydroxyl groups is 1. The molecule has 0 aliphatic rings. The van der Waals surface area contributed by atoms with Crippen molar-refractivity contribution in [2.75, 3.05) is 12.3 Å². The number of hydrogen-bond donors (Lipinski definition) is 3. The van der Waals surface area contributed by atoms with Gasteiger partial charge in [-0.2, -0.15) is 0 Å². The summed E-state index contributed by atoms with van der Waals surface area (Å²) in [6.45, 7) is 1.37. The summed E-state index contributed by atoms with van der Waals surface area (Å²) in [5.74, 6) is -0.137. The van der Waals surface area contributed by atoms with Crippen LogP contribution in [0.4, 0.5) is 5.69 Å². The van der Waals surface area contributed by atoms with Crippen molar-refractivity contribution >= 4 is 15.7 Å². The third-order valence-corrected chi connectivity index (χ3v) is 3.44. The molecule has 6 heteroatoms. The summed E-state index contributed by atoms with van der Waals surface area (Å²) >= 11 is 0. The van der Waals surface area contributed by atoms with Crippen LogP contribution in [0.25, 0.3) is 0 Å². The zero-order valence-electron chi connectivity index (χ0n) is 9.05. The van der Waals surface area contributed by atoms with Crippen molar-refractivity contribution in [3.8, 4) is 0 Å². The molecule has 0 bridgehead atoms. The first-order valence-corrected chi connectivity index (χ1v) is 6.53. The molecule has 0 amide bonds. The van der Waals surface area contributed by atoms with Crippen molar-refractivity contribution in [2.24, 2.45) is 0 Å². The Morgan fingerprint density at radius 1 is 1.50 bits per heavy atom. The van der Waals surface area contributed by atoms with Crippen molar-refractivity contribution in [3.63, 3.8) is 0 Å². The van der Waals surface area contributed by atoms with Gasteiger partial charge in [0.05, 0.1) is 12.4 Å². The molecular weight excluding hydrogens is 228 g/mol. The molecule has 1 atom stereocenters. The van der Waals surface area contributed by atoms with Crippen LogP contribution in [-0.4, -0.2) is 26.2 Å².